The lowest BCUT2D eigenvalue weighted by Gasteiger charge is -2.20. The highest BCUT2D eigenvalue weighted by atomic mass is 35.5. The van der Waals surface area contributed by atoms with Crippen molar-refractivity contribution in [2.45, 2.75) is 13.8 Å². The van der Waals surface area contributed by atoms with E-state index < -0.39 is 23.5 Å². The molecule has 0 bridgehead atoms. The summed E-state index contributed by atoms with van der Waals surface area (Å²) in [5.41, 5.74) is -0.197. The van der Waals surface area contributed by atoms with E-state index in [2.05, 4.69) is 0 Å². The molecular formula is C13H14ClF2NO3. The van der Waals surface area contributed by atoms with Crippen LogP contribution >= 0.6 is 11.6 Å². The van der Waals surface area contributed by atoms with Gasteiger partial charge in [-0.1, -0.05) is 11.6 Å². The Balaban J connectivity index is 2.97. The van der Waals surface area contributed by atoms with Crippen LogP contribution in [0.25, 0.3) is 0 Å². The third-order valence-corrected chi connectivity index (χ3v) is 2.85. The summed E-state index contributed by atoms with van der Waals surface area (Å²) in [7, 11) is 0. The second kappa shape index (κ2) is 7.19. The van der Waals surface area contributed by atoms with Crippen LogP contribution in [-0.4, -0.2) is 36.5 Å². The number of hydrogen-bond acceptors (Lipinski definition) is 3. The first kappa shape index (κ1) is 16.4. The number of ether oxygens (including phenoxy) is 1. The molecule has 110 valence electrons. The molecule has 0 fully saturated rings. The molecule has 1 amide bonds. The highest BCUT2D eigenvalue weighted by molar-refractivity contribution is 6.33. The van der Waals surface area contributed by atoms with Crippen LogP contribution in [0.1, 0.15) is 24.2 Å². The SMILES string of the molecule is CCOC(=O)CN(CC)C(=O)c1cc(F)c(F)cc1Cl. The molecular weight excluding hydrogens is 292 g/mol. The summed E-state index contributed by atoms with van der Waals surface area (Å²) in [5.74, 6) is -3.56. The van der Waals surface area contributed by atoms with E-state index in [0.29, 0.717) is 6.07 Å². The topological polar surface area (TPSA) is 46.6 Å². The van der Waals surface area contributed by atoms with E-state index in [4.69, 9.17) is 16.3 Å². The standard InChI is InChI=1S/C13H14ClF2NO3/c1-3-17(7-12(18)20-4-2)13(19)8-5-10(15)11(16)6-9(8)14/h5-6H,3-4,7H2,1-2H3. The Labute approximate surface area is 120 Å². The molecule has 0 N–H and O–H groups in total. The molecule has 7 heteroatoms. The van der Waals surface area contributed by atoms with Crippen LogP contribution in [0.4, 0.5) is 8.78 Å². The van der Waals surface area contributed by atoms with Crippen molar-refractivity contribution in [1.29, 1.82) is 0 Å². The van der Waals surface area contributed by atoms with Crippen molar-refractivity contribution in [2.75, 3.05) is 19.7 Å². The van der Waals surface area contributed by atoms with Crippen LogP contribution in [0.3, 0.4) is 0 Å². The molecule has 1 aromatic rings. The van der Waals surface area contributed by atoms with Crippen LogP contribution in [-0.2, 0) is 9.53 Å². The van der Waals surface area contributed by atoms with Gasteiger partial charge in [0.05, 0.1) is 17.2 Å². The third kappa shape index (κ3) is 3.90. The number of carbonyl (C=O) groups excluding carboxylic acids is 2. The van der Waals surface area contributed by atoms with Crippen LogP contribution in [0.2, 0.25) is 5.02 Å². The predicted octanol–water partition coefficient (Wildman–Crippen LogP) is 2.64. The number of rotatable bonds is 5. The Morgan fingerprint density at radius 2 is 1.85 bits per heavy atom. The number of benzene rings is 1. The van der Waals surface area contributed by atoms with Gasteiger partial charge in [-0.05, 0) is 26.0 Å². The molecule has 0 radical (unpaired) electrons. The molecule has 0 spiro atoms. The Hall–Kier alpha value is -1.69. The van der Waals surface area contributed by atoms with E-state index in [0.717, 1.165) is 11.0 Å². The van der Waals surface area contributed by atoms with Gasteiger partial charge in [-0.15, -0.1) is 0 Å². The van der Waals surface area contributed by atoms with Crippen molar-refractivity contribution >= 4 is 23.5 Å². The number of hydrogen-bond donors (Lipinski definition) is 0. The lowest BCUT2D eigenvalue weighted by atomic mass is 10.2. The van der Waals surface area contributed by atoms with E-state index >= 15 is 0 Å². The first-order valence-corrected chi connectivity index (χ1v) is 6.37. The lowest BCUT2D eigenvalue weighted by molar-refractivity contribution is -0.143. The van der Waals surface area contributed by atoms with E-state index in [1.807, 2.05) is 0 Å². The number of carbonyl (C=O) groups is 2. The number of esters is 1. The molecule has 0 saturated heterocycles. The minimum Gasteiger partial charge on any atom is -0.465 e. The number of amides is 1. The largest absolute Gasteiger partial charge is 0.465 e. The second-order valence-corrected chi connectivity index (χ2v) is 4.28. The summed E-state index contributed by atoms with van der Waals surface area (Å²) in [4.78, 5) is 24.7. The van der Waals surface area contributed by atoms with Gasteiger partial charge >= 0.3 is 5.97 Å². The van der Waals surface area contributed by atoms with Crippen molar-refractivity contribution < 1.29 is 23.1 Å². The van der Waals surface area contributed by atoms with Crippen LogP contribution in [0.5, 0.6) is 0 Å². The molecule has 0 heterocycles. The fourth-order valence-corrected chi connectivity index (χ4v) is 1.78. The summed E-state index contributed by atoms with van der Waals surface area (Å²) in [5, 5.41) is -0.212. The van der Waals surface area contributed by atoms with Crippen LogP contribution < -0.4 is 0 Å². The fourth-order valence-electron chi connectivity index (χ4n) is 1.55. The third-order valence-electron chi connectivity index (χ3n) is 2.53. The van der Waals surface area contributed by atoms with Crippen LogP contribution in [0, 0.1) is 11.6 Å². The maximum Gasteiger partial charge on any atom is 0.325 e. The van der Waals surface area contributed by atoms with Gasteiger partial charge < -0.3 is 9.64 Å². The zero-order valence-corrected chi connectivity index (χ0v) is 11.8. The van der Waals surface area contributed by atoms with Crippen LogP contribution in [0.15, 0.2) is 12.1 Å². The summed E-state index contributed by atoms with van der Waals surface area (Å²) in [6.45, 7) is 3.40. The highest BCUT2D eigenvalue weighted by Crippen LogP contribution is 2.21. The van der Waals surface area contributed by atoms with E-state index in [9.17, 15) is 18.4 Å². The van der Waals surface area contributed by atoms with Gasteiger partial charge in [0.1, 0.15) is 6.54 Å². The first-order chi connectivity index (χ1) is 9.40. The van der Waals surface area contributed by atoms with Crippen molar-refractivity contribution in [3.05, 3.63) is 34.4 Å². The maximum absolute atomic E-state index is 13.2. The van der Waals surface area contributed by atoms with E-state index in [-0.39, 0.29) is 30.3 Å². The average molecular weight is 306 g/mol. The molecule has 0 aromatic heterocycles. The Kier molecular flexibility index (Phi) is 5.88. The molecule has 20 heavy (non-hydrogen) atoms. The summed E-state index contributed by atoms with van der Waals surface area (Å²) in [6.07, 6.45) is 0. The van der Waals surface area contributed by atoms with E-state index in [1.54, 1.807) is 13.8 Å². The summed E-state index contributed by atoms with van der Waals surface area (Å²) < 4.78 is 30.9. The van der Waals surface area contributed by atoms with Gasteiger partial charge in [0.2, 0.25) is 0 Å². The van der Waals surface area contributed by atoms with Gasteiger partial charge in [-0.2, -0.15) is 0 Å². The summed E-state index contributed by atoms with van der Waals surface area (Å²) in [6, 6.07) is 1.44. The minimum absolute atomic E-state index is 0.191. The second-order valence-electron chi connectivity index (χ2n) is 3.87. The molecule has 1 aromatic carbocycles. The minimum atomic E-state index is -1.18. The smallest absolute Gasteiger partial charge is 0.325 e. The zero-order chi connectivity index (χ0) is 15.3. The fraction of sp³-hybridized carbons (Fsp3) is 0.385. The Morgan fingerprint density at radius 3 is 2.40 bits per heavy atom. The van der Waals surface area contributed by atoms with Crippen molar-refractivity contribution in [1.82, 2.24) is 4.90 Å². The zero-order valence-electron chi connectivity index (χ0n) is 11.1. The van der Waals surface area contributed by atoms with Gasteiger partial charge in [-0.3, -0.25) is 9.59 Å². The molecule has 0 aliphatic carbocycles. The predicted molar refractivity (Wildman–Crippen MR) is 69.6 cm³/mol. The van der Waals surface area contributed by atoms with Gasteiger partial charge in [0.15, 0.2) is 11.6 Å². The van der Waals surface area contributed by atoms with Crippen molar-refractivity contribution in [3.63, 3.8) is 0 Å². The molecule has 0 aliphatic rings. The number of halogens is 3. The monoisotopic (exact) mass is 305 g/mol. The highest BCUT2D eigenvalue weighted by Gasteiger charge is 2.22. The van der Waals surface area contributed by atoms with Gasteiger partial charge in [0.25, 0.3) is 5.91 Å². The van der Waals surface area contributed by atoms with Crippen molar-refractivity contribution in [2.24, 2.45) is 0 Å². The normalized spacial score (nSPS) is 10.2. The van der Waals surface area contributed by atoms with Gasteiger partial charge in [0, 0.05) is 6.54 Å². The molecule has 0 saturated carbocycles. The quantitative estimate of drug-likeness (QED) is 0.620. The average Bonchev–Trinajstić information content (AvgIpc) is 2.39. The lowest BCUT2D eigenvalue weighted by Crippen LogP contribution is -2.36. The molecule has 0 aliphatic heterocycles. The number of nitrogens with zero attached hydrogens (tertiary/aromatic N) is 1. The molecule has 0 atom stereocenters. The molecule has 4 nitrogen and oxygen atoms in total. The Bertz CT molecular complexity index is 523. The maximum atomic E-state index is 13.2. The Morgan fingerprint density at radius 1 is 1.25 bits per heavy atom. The van der Waals surface area contributed by atoms with Gasteiger partial charge in [-0.25, -0.2) is 8.78 Å². The van der Waals surface area contributed by atoms with Crippen molar-refractivity contribution in [3.8, 4) is 0 Å². The summed E-state index contributed by atoms with van der Waals surface area (Å²) >= 11 is 5.72. The first-order valence-electron chi connectivity index (χ1n) is 6.00. The number of likely N-dealkylation sites (N-methyl/N-ethyl adjacent to an activating group) is 1. The molecule has 0 unspecified atom stereocenters. The van der Waals surface area contributed by atoms with E-state index in [1.165, 1.54) is 0 Å². The molecule has 1 rings (SSSR count).